The summed E-state index contributed by atoms with van der Waals surface area (Å²) in [7, 11) is 0. The van der Waals surface area contributed by atoms with Crippen LogP contribution in [0.15, 0.2) is 30.7 Å². The summed E-state index contributed by atoms with van der Waals surface area (Å²) in [6.45, 7) is 3.44. The first-order chi connectivity index (χ1) is 8.20. The zero-order valence-electron chi connectivity index (χ0n) is 9.45. The average Bonchev–Trinajstić information content (AvgIpc) is 2.78. The van der Waals surface area contributed by atoms with Gasteiger partial charge >= 0.3 is 0 Å². The van der Waals surface area contributed by atoms with Gasteiger partial charge in [0.1, 0.15) is 11.6 Å². The maximum absolute atomic E-state index is 13.5. The highest BCUT2D eigenvalue weighted by atomic mass is 19.1. The molecule has 1 N–H and O–H groups in total. The normalized spacial score (nSPS) is 10.8. The van der Waals surface area contributed by atoms with Crippen molar-refractivity contribution < 1.29 is 8.78 Å². The standard InChI is InChI=1S/C12H13F2N3/c1-2-15-6-10-7-17(8-16-10)12-5-9(13)3-4-11(12)14/h3-5,7-8,15H,2,6H2,1H3. The van der Waals surface area contributed by atoms with Crippen LogP contribution in [0, 0.1) is 11.6 Å². The Balaban J connectivity index is 2.27. The van der Waals surface area contributed by atoms with Crippen LogP contribution in [0.4, 0.5) is 8.78 Å². The van der Waals surface area contributed by atoms with Gasteiger partial charge in [-0.05, 0) is 18.7 Å². The molecule has 1 aromatic heterocycles. The zero-order chi connectivity index (χ0) is 12.3. The lowest BCUT2D eigenvalue weighted by molar-refractivity contribution is 0.592. The number of hydrogen-bond acceptors (Lipinski definition) is 2. The summed E-state index contributed by atoms with van der Waals surface area (Å²) in [6, 6.07) is 3.35. The number of rotatable bonds is 4. The van der Waals surface area contributed by atoms with E-state index in [1.54, 1.807) is 6.20 Å². The monoisotopic (exact) mass is 237 g/mol. The molecule has 2 rings (SSSR count). The number of imidazole rings is 1. The van der Waals surface area contributed by atoms with E-state index in [0.717, 1.165) is 30.4 Å². The van der Waals surface area contributed by atoms with Crippen LogP contribution in [0.25, 0.3) is 5.69 Å². The lowest BCUT2D eigenvalue weighted by Crippen LogP contribution is -2.11. The molecule has 90 valence electrons. The maximum Gasteiger partial charge on any atom is 0.147 e. The molecule has 0 saturated heterocycles. The molecule has 5 heteroatoms. The fourth-order valence-electron chi connectivity index (χ4n) is 1.52. The molecule has 0 spiro atoms. The highest BCUT2D eigenvalue weighted by Crippen LogP contribution is 2.15. The van der Waals surface area contributed by atoms with Crippen LogP contribution in [0.5, 0.6) is 0 Å². The molecule has 0 fully saturated rings. The summed E-state index contributed by atoms with van der Waals surface area (Å²) < 4.78 is 28.0. The van der Waals surface area contributed by atoms with Crippen molar-refractivity contribution in [2.75, 3.05) is 6.54 Å². The molecule has 0 bridgehead atoms. The van der Waals surface area contributed by atoms with Gasteiger partial charge in [-0.15, -0.1) is 0 Å². The van der Waals surface area contributed by atoms with Gasteiger partial charge in [0.25, 0.3) is 0 Å². The first-order valence-corrected chi connectivity index (χ1v) is 5.39. The molecular weight excluding hydrogens is 224 g/mol. The van der Waals surface area contributed by atoms with Crippen LogP contribution in [-0.4, -0.2) is 16.1 Å². The molecule has 1 aromatic carbocycles. The van der Waals surface area contributed by atoms with E-state index in [1.165, 1.54) is 10.9 Å². The van der Waals surface area contributed by atoms with Crippen LogP contribution < -0.4 is 5.32 Å². The Hall–Kier alpha value is -1.75. The number of nitrogens with one attached hydrogen (secondary N) is 1. The summed E-state index contributed by atoms with van der Waals surface area (Å²) in [6.07, 6.45) is 3.16. The molecule has 2 aromatic rings. The van der Waals surface area contributed by atoms with E-state index >= 15 is 0 Å². The van der Waals surface area contributed by atoms with Crippen LogP contribution >= 0.6 is 0 Å². The van der Waals surface area contributed by atoms with Crippen molar-refractivity contribution in [1.29, 1.82) is 0 Å². The lowest BCUT2D eigenvalue weighted by Gasteiger charge is -2.03. The van der Waals surface area contributed by atoms with Gasteiger partial charge in [0.15, 0.2) is 0 Å². The third-order valence-electron chi connectivity index (χ3n) is 2.38. The van der Waals surface area contributed by atoms with E-state index in [9.17, 15) is 8.78 Å². The minimum Gasteiger partial charge on any atom is -0.311 e. The van der Waals surface area contributed by atoms with Gasteiger partial charge in [0.05, 0.1) is 17.7 Å². The van der Waals surface area contributed by atoms with Crippen molar-refractivity contribution in [3.63, 3.8) is 0 Å². The van der Waals surface area contributed by atoms with Crippen LogP contribution in [0.1, 0.15) is 12.6 Å². The summed E-state index contributed by atoms with van der Waals surface area (Å²) in [5.41, 5.74) is 0.954. The minimum absolute atomic E-state index is 0.167. The van der Waals surface area contributed by atoms with Gasteiger partial charge in [-0.25, -0.2) is 13.8 Å². The molecule has 0 saturated carbocycles. The Kier molecular flexibility index (Phi) is 3.49. The molecule has 0 aliphatic carbocycles. The minimum atomic E-state index is -0.473. The highest BCUT2D eigenvalue weighted by molar-refractivity contribution is 5.34. The van der Waals surface area contributed by atoms with Crippen LogP contribution in [0.2, 0.25) is 0 Å². The Bertz CT molecular complexity index is 508. The Morgan fingerprint density at radius 1 is 1.35 bits per heavy atom. The first kappa shape index (κ1) is 11.7. The smallest absolute Gasteiger partial charge is 0.147 e. The third-order valence-corrected chi connectivity index (χ3v) is 2.38. The number of nitrogens with zero attached hydrogens (tertiary/aromatic N) is 2. The molecule has 0 amide bonds. The second kappa shape index (κ2) is 5.05. The van der Waals surface area contributed by atoms with E-state index in [0.29, 0.717) is 6.54 Å². The number of halogens is 2. The van der Waals surface area contributed by atoms with Gasteiger partial charge in [-0.3, -0.25) is 0 Å². The van der Waals surface area contributed by atoms with Gasteiger partial charge in [0.2, 0.25) is 0 Å². The first-order valence-electron chi connectivity index (χ1n) is 5.39. The molecule has 17 heavy (non-hydrogen) atoms. The average molecular weight is 237 g/mol. The zero-order valence-corrected chi connectivity index (χ0v) is 9.45. The second-order valence-electron chi connectivity index (χ2n) is 3.65. The highest BCUT2D eigenvalue weighted by Gasteiger charge is 2.07. The van der Waals surface area contributed by atoms with E-state index in [4.69, 9.17) is 0 Å². The number of hydrogen-bond donors (Lipinski definition) is 1. The van der Waals surface area contributed by atoms with E-state index in [2.05, 4.69) is 10.3 Å². The van der Waals surface area contributed by atoms with E-state index in [1.807, 2.05) is 6.92 Å². The molecule has 0 atom stereocenters. The Morgan fingerprint density at radius 3 is 2.94 bits per heavy atom. The van der Waals surface area contributed by atoms with Crippen molar-refractivity contribution in [2.24, 2.45) is 0 Å². The number of aromatic nitrogens is 2. The molecule has 0 aliphatic rings. The van der Waals surface area contributed by atoms with Gasteiger partial charge < -0.3 is 9.88 Å². The largest absolute Gasteiger partial charge is 0.311 e. The third kappa shape index (κ3) is 2.68. The van der Waals surface area contributed by atoms with Crippen LogP contribution in [-0.2, 0) is 6.54 Å². The molecule has 0 aliphatic heterocycles. The second-order valence-corrected chi connectivity index (χ2v) is 3.65. The maximum atomic E-state index is 13.5. The summed E-state index contributed by atoms with van der Waals surface area (Å²) in [4.78, 5) is 4.11. The molecular formula is C12H13F2N3. The molecule has 3 nitrogen and oxygen atoms in total. The van der Waals surface area contributed by atoms with Crippen molar-refractivity contribution in [1.82, 2.24) is 14.9 Å². The Labute approximate surface area is 98.1 Å². The van der Waals surface area contributed by atoms with E-state index < -0.39 is 11.6 Å². The quantitative estimate of drug-likeness (QED) is 0.884. The fourth-order valence-corrected chi connectivity index (χ4v) is 1.52. The molecule has 0 unspecified atom stereocenters. The van der Waals surface area contributed by atoms with Crippen molar-refractivity contribution >= 4 is 0 Å². The van der Waals surface area contributed by atoms with Crippen LogP contribution in [0.3, 0.4) is 0 Å². The van der Waals surface area contributed by atoms with Crippen molar-refractivity contribution in [3.8, 4) is 5.69 Å². The predicted molar refractivity (Wildman–Crippen MR) is 60.9 cm³/mol. The van der Waals surface area contributed by atoms with Crippen molar-refractivity contribution in [3.05, 3.63) is 48.1 Å². The summed E-state index contributed by atoms with van der Waals surface area (Å²) in [5.74, 6) is -0.942. The number of benzene rings is 1. The topological polar surface area (TPSA) is 29.9 Å². The predicted octanol–water partition coefficient (Wildman–Crippen LogP) is 2.26. The molecule has 0 radical (unpaired) electrons. The summed E-state index contributed by atoms with van der Waals surface area (Å²) in [5, 5.41) is 3.11. The van der Waals surface area contributed by atoms with Crippen molar-refractivity contribution in [2.45, 2.75) is 13.5 Å². The lowest BCUT2D eigenvalue weighted by atomic mass is 10.3. The summed E-state index contributed by atoms with van der Waals surface area (Å²) >= 11 is 0. The van der Waals surface area contributed by atoms with Gasteiger partial charge in [-0.2, -0.15) is 0 Å². The van der Waals surface area contributed by atoms with Gasteiger partial charge in [0, 0.05) is 18.8 Å². The van der Waals surface area contributed by atoms with E-state index in [-0.39, 0.29) is 5.69 Å². The SMILES string of the molecule is CCNCc1cn(-c2cc(F)ccc2F)cn1. The Morgan fingerprint density at radius 2 is 2.18 bits per heavy atom. The molecule has 1 heterocycles. The van der Waals surface area contributed by atoms with Gasteiger partial charge in [-0.1, -0.05) is 6.92 Å². The fraction of sp³-hybridized carbons (Fsp3) is 0.250.